The zero-order valence-corrected chi connectivity index (χ0v) is 35.5. The average molecular weight is 852 g/mol. The van der Waals surface area contributed by atoms with Crippen LogP contribution >= 0.6 is 15.9 Å². The van der Waals surface area contributed by atoms with Crippen LogP contribution < -0.4 is 14.1 Å². The molecular weight excluding hydrogens is 807 g/mol. The molecule has 54 heavy (non-hydrogen) atoms. The van der Waals surface area contributed by atoms with Gasteiger partial charge in [0.05, 0.1) is 46.2 Å². The highest BCUT2D eigenvalue weighted by Gasteiger charge is 2.53. The lowest BCUT2D eigenvalue weighted by molar-refractivity contribution is 0.00578. The first kappa shape index (κ1) is 42.9. The van der Waals surface area contributed by atoms with E-state index in [0.29, 0.717) is 32.0 Å². The molecule has 0 aliphatic carbocycles. The summed E-state index contributed by atoms with van der Waals surface area (Å²) in [6.07, 6.45) is 2.59. The summed E-state index contributed by atoms with van der Waals surface area (Å²) in [5.41, 5.74) is 0.731. The Morgan fingerprint density at radius 1 is 0.685 bits per heavy atom. The van der Waals surface area contributed by atoms with Gasteiger partial charge in [-0.2, -0.15) is 0 Å². The fraction of sp³-hybridized carbons (Fsp3) is 0.444. The van der Waals surface area contributed by atoms with Crippen molar-refractivity contribution in [2.45, 2.75) is 79.4 Å². The molecule has 0 atom stereocenters. The fourth-order valence-corrected chi connectivity index (χ4v) is 7.44. The second-order valence-electron chi connectivity index (χ2n) is 14.0. The topological polar surface area (TPSA) is 188 Å². The van der Waals surface area contributed by atoms with Crippen molar-refractivity contribution in [2.75, 3.05) is 35.2 Å². The third-order valence-electron chi connectivity index (χ3n) is 9.61. The number of hydrogen-bond donors (Lipinski definition) is 0. The van der Waals surface area contributed by atoms with Crippen molar-refractivity contribution in [1.82, 2.24) is 0 Å². The first-order valence-corrected chi connectivity index (χ1v) is 21.4. The molecule has 5 rings (SSSR count). The van der Waals surface area contributed by atoms with Gasteiger partial charge in [-0.05, 0) is 55.8 Å². The number of nitrogens with zero attached hydrogens (tertiary/aromatic N) is 2. The van der Waals surface area contributed by atoms with Crippen molar-refractivity contribution >= 4 is 105 Å². The Morgan fingerprint density at radius 2 is 1.06 bits per heavy atom. The number of carbonyl (C=O) groups is 4. The molecule has 4 aromatic rings. The van der Waals surface area contributed by atoms with Crippen LogP contribution in [0, 0.1) is 0 Å². The van der Waals surface area contributed by atoms with E-state index in [1.54, 1.807) is 26.0 Å². The van der Waals surface area contributed by atoms with Crippen molar-refractivity contribution in [1.29, 1.82) is 0 Å². The molecule has 0 bridgehead atoms. The van der Waals surface area contributed by atoms with E-state index >= 15 is 0 Å². The molecule has 292 valence electrons. The van der Waals surface area contributed by atoms with E-state index in [9.17, 15) is 36.0 Å². The Labute approximate surface area is 323 Å². The summed E-state index contributed by atoms with van der Waals surface area (Å²) in [5, 5.41) is 0.909. The number of hydrogen-bond acceptors (Lipinski definition) is 12. The van der Waals surface area contributed by atoms with E-state index in [-0.39, 0.29) is 69.9 Å². The molecular formula is C36H44BBrN2O12S2. The molecule has 0 radical (unpaired) electrons. The van der Waals surface area contributed by atoms with Gasteiger partial charge < -0.3 is 18.1 Å². The number of anilines is 2. The van der Waals surface area contributed by atoms with Crippen LogP contribution in [-0.2, 0) is 29.4 Å². The number of rotatable bonds is 11. The maximum Gasteiger partial charge on any atom is 0.497 e. The van der Waals surface area contributed by atoms with Crippen molar-refractivity contribution in [3.8, 4) is 0 Å². The molecule has 0 spiro atoms. The smallest absolute Gasteiger partial charge is 0.452 e. The molecule has 2 aromatic carbocycles. The van der Waals surface area contributed by atoms with Gasteiger partial charge in [0.25, 0.3) is 0 Å². The Hall–Kier alpha value is -3.84. The highest BCUT2D eigenvalue weighted by atomic mass is 79.9. The Balaban J connectivity index is 0.000000252. The Bertz CT molecular complexity index is 2420. The van der Waals surface area contributed by atoms with Gasteiger partial charge in [0.15, 0.2) is 34.7 Å². The summed E-state index contributed by atoms with van der Waals surface area (Å²) in [6, 6.07) is 6.24. The lowest BCUT2D eigenvalue weighted by Gasteiger charge is -2.32. The Kier molecular flexibility index (Phi) is 11.9. The molecule has 0 saturated carbocycles. The van der Waals surface area contributed by atoms with E-state index < -0.39 is 38.4 Å². The van der Waals surface area contributed by atoms with Gasteiger partial charge in [-0.15, -0.1) is 0 Å². The van der Waals surface area contributed by atoms with Crippen LogP contribution in [0.2, 0.25) is 0 Å². The molecule has 14 nitrogen and oxygen atoms in total. The predicted octanol–water partition coefficient (Wildman–Crippen LogP) is 6.31. The summed E-state index contributed by atoms with van der Waals surface area (Å²) in [6.45, 7) is 13.6. The number of ketones is 4. The van der Waals surface area contributed by atoms with Crippen LogP contribution in [0.5, 0.6) is 0 Å². The fourth-order valence-electron chi connectivity index (χ4n) is 5.69. The monoisotopic (exact) mass is 850 g/mol. The van der Waals surface area contributed by atoms with E-state index in [0.717, 1.165) is 21.1 Å². The van der Waals surface area contributed by atoms with Gasteiger partial charge >= 0.3 is 7.12 Å². The lowest BCUT2D eigenvalue weighted by Crippen LogP contribution is -2.41. The number of halogens is 1. The Morgan fingerprint density at radius 3 is 1.43 bits per heavy atom. The van der Waals surface area contributed by atoms with Crippen molar-refractivity contribution < 1.29 is 54.2 Å². The third-order valence-corrected chi connectivity index (χ3v) is 12.6. The average Bonchev–Trinajstić information content (AvgIpc) is 3.69. The minimum absolute atomic E-state index is 0.00194. The van der Waals surface area contributed by atoms with Gasteiger partial charge in [-0.3, -0.25) is 27.8 Å². The zero-order chi connectivity index (χ0) is 41.0. The maximum atomic E-state index is 12.6. The van der Waals surface area contributed by atoms with Crippen LogP contribution in [0.4, 0.5) is 11.4 Å². The lowest BCUT2D eigenvalue weighted by atomic mass is 9.76. The van der Waals surface area contributed by atoms with Gasteiger partial charge in [0.2, 0.25) is 20.0 Å². The maximum absolute atomic E-state index is 12.6. The zero-order valence-electron chi connectivity index (χ0n) is 32.3. The van der Waals surface area contributed by atoms with Crippen LogP contribution in [0.25, 0.3) is 21.9 Å². The molecule has 0 unspecified atom stereocenters. The van der Waals surface area contributed by atoms with Gasteiger partial charge in [0, 0.05) is 73.6 Å². The largest absolute Gasteiger partial charge is 0.497 e. The number of benzene rings is 2. The highest BCUT2D eigenvalue weighted by molar-refractivity contribution is 9.10. The minimum Gasteiger partial charge on any atom is -0.452 e. The second-order valence-corrected chi connectivity index (χ2v) is 18.9. The number of Topliss-reactive ketones (excluding diaryl/α,β-unsaturated/α-hetero) is 4. The van der Waals surface area contributed by atoms with Crippen molar-refractivity contribution in [3.05, 3.63) is 51.4 Å². The summed E-state index contributed by atoms with van der Waals surface area (Å²) < 4.78 is 74.3. The summed E-state index contributed by atoms with van der Waals surface area (Å²) >= 11 is 3.32. The molecule has 1 fully saturated rings. The van der Waals surface area contributed by atoms with Crippen molar-refractivity contribution in [2.24, 2.45) is 0 Å². The van der Waals surface area contributed by atoms with E-state index in [1.165, 1.54) is 40.1 Å². The quantitative estimate of drug-likeness (QED) is 0.121. The number of fused-ring (bicyclic) bond motifs is 2. The normalized spacial score (nSPS) is 15.2. The number of sulfonamides is 2. The molecule has 2 aromatic heterocycles. The molecule has 1 saturated heterocycles. The molecule has 3 heterocycles. The molecule has 1 aliphatic heterocycles. The first-order chi connectivity index (χ1) is 24.7. The standard InChI is InChI=1S/C21H28BNO7S.C15H16BrNO5S/c1-9-16(25)18-13-10-14(22-29-20(3,4)21(5,6)30-22)15(23(7)31(8,26)27)11-17(13)28-19(18)12(2)24;1-5-12(19)14-9-6-10(16)11(17(3)23(4,20)21)7-13(9)22-15(14)8(2)18/h10-11H,9H2,1-8H3;6-7H,5H2,1-4H3. The summed E-state index contributed by atoms with van der Waals surface area (Å²) in [4.78, 5) is 48.7. The predicted molar refractivity (Wildman–Crippen MR) is 212 cm³/mol. The third kappa shape index (κ3) is 8.08. The molecule has 18 heteroatoms. The van der Waals surface area contributed by atoms with Crippen molar-refractivity contribution in [3.63, 3.8) is 0 Å². The van der Waals surface area contributed by atoms with E-state index in [1.807, 2.05) is 27.7 Å². The number of carbonyl (C=O) groups excluding carboxylic acids is 4. The molecule has 1 aliphatic rings. The van der Waals surface area contributed by atoms with Crippen LogP contribution in [0.3, 0.4) is 0 Å². The summed E-state index contributed by atoms with van der Waals surface area (Å²) in [7, 11) is -5.14. The highest BCUT2D eigenvalue weighted by Crippen LogP contribution is 2.39. The molecule has 0 amide bonds. The van der Waals surface area contributed by atoms with Crippen LogP contribution in [0.1, 0.15) is 110 Å². The van der Waals surface area contributed by atoms with E-state index in [2.05, 4.69) is 15.9 Å². The summed E-state index contributed by atoms with van der Waals surface area (Å²) in [5.74, 6) is -1.23. The SMILES string of the molecule is CCC(=O)c1c(C(C)=O)oc2cc(N(C)S(C)(=O)=O)c(B3OC(C)(C)C(C)(C)O3)cc12.CCC(=O)c1c(C(C)=O)oc2cc(N(C)S(C)(=O)=O)c(Br)cc12. The second kappa shape index (κ2) is 15.0. The first-order valence-electron chi connectivity index (χ1n) is 16.9. The van der Waals surface area contributed by atoms with E-state index in [4.69, 9.17) is 18.1 Å². The van der Waals surface area contributed by atoms with Crippen LogP contribution in [-0.4, -0.2) is 84.9 Å². The molecule has 0 N–H and O–H groups in total. The minimum atomic E-state index is -3.63. The van der Waals surface area contributed by atoms with Gasteiger partial charge in [-0.1, -0.05) is 13.8 Å². The van der Waals surface area contributed by atoms with Gasteiger partial charge in [0.1, 0.15) is 11.2 Å². The van der Waals surface area contributed by atoms with Crippen LogP contribution in [0.15, 0.2) is 37.6 Å². The number of furan rings is 2. The van der Waals surface area contributed by atoms with Gasteiger partial charge in [-0.25, -0.2) is 16.8 Å².